The van der Waals surface area contributed by atoms with Crippen LogP contribution in [0.2, 0.25) is 0 Å². The molecule has 2 rings (SSSR count). The maximum absolute atomic E-state index is 12.1. The van der Waals surface area contributed by atoms with E-state index >= 15 is 0 Å². The highest BCUT2D eigenvalue weighted by atomic mass is 79.9. The van der Waals surface area contributed by atoms with E-state index in [-0.39, 0.29) is 5.91 Å². The summed E-state index contributed by atoms with van der Waals surface area (Å²) in [5.41, 5.74) is 8.73. The van der Waals surface area contributed by atoms with Crippen molar-refractivity contribution in [1.29, 1.82) is 0 Å². The van der Waals surface area contributed by atoms with Crippen LogP contribution in [-0.2, 0) is 6.42 Å². The van der Waals surface area contributed by atoms with Gasteiger partial charge in [0.05, 0.1) is 11.4 Å². The molecule has 0 saturated heterocycles. The number of nitrogens with two attached hydrogens (primary N) is 1. The molecule has 0 spiro atoms. The average molecular weight is 334 g/mol. The molecule has 1 aromatic heterocycles. The Balaban J connectivity index is 2.11. The van der Waals surface area contributed by atoms with Crippen molar-refractivity contribution in [2.24, 2.45) is 5.73 Å². The summed E-state index contributed by atoms with van der Waals surface area (Å²) in [6.07, 6.45) is 0.817. The highest BCUT2D eigenvalue weighted by Gasteiger charge is 2.08. The van der Waals surface area contributed by atoms with Crippen LogP contribution in [0.1, 0.15) is 21.6 Å². The van der Waals surface area contributed by atoms with E-state index in [1.54, 1.807) is 6.07 Å². The number of pyridine rings is 1. The molecule has 20 heavy (non-hydrogen) atoms. The SMILES string of the molecule is Cc1nc(Br)ccc1NC(=O)c1ccc(CCN)cc1. The molecular formula is C15H16BrN3O. The van der Waals surface area contributed by atoms with Gasteiger partial charge < -0.3 is 11.1 Å². The second-order valence-corrected chi connectivity index (χ2v) is 5.27. The fraction of sp³-hybridized carbons (Fsp3) is 0.200. The fourth-order valence-electron chi connectivity index (χ4n) is 1.85. The van der Waals surface area contributed by atoms with Gasteiger partial charge in [-0.15, -0.1) is 0 Å². The van der Waals surface area contributed by atoms with E-state index < -0.39 is 0 Å². The van der Waals surface area contributed by atoms with Crippen LogP contribution in [0.3, 0.4) is 0 Å². The smallest absolute Gasteiger partial charge is 0.255 e. The van der Waals surface area contributed by atoms with Crippen LogP contribution in [0.5, 0.6) is 0 Å². The number of aryl methyl sites for hydroxylation is 1. The van der Waals surface area contributed by atoms with Gasteiger partial charge in [0.2, 0.25) is 0 Å². The number of amides is 1. The van der Waals surface area contributed by atoms with E-state index in [1.165, 1.54) is 0 Å². The summed E-state index contributed by atoms with van der Waals surface area (Å²) in [7, 11) is 0. The Labute approximate surface area is 126 Å². The Morgan fingerprint density at radius 1 is 1.25 bits per heavy atom. The van der Waals surface area contributed by atoms with Crippen LogP contribution < -0.4 is 11.1 Å². The summed E-state index contributed by atoms with van der Waals surface area (Å²) in [5.74, 6) is -0.142. The van der Waals surface area contributed by atoms with Gasteiger partial charge in [0, 0.05) is 5.56 Å². The fourth-order valence-corrected chi connectivity index (χ4v) is 2.24. The third kappa shape index (κ3) is 3.65. The van der Waals surface area contributed by atoms with Gasteiger partial charge in [-0.05, 0) is 65.6 Å². The van der Waals surface area contributed by atoms with Crippen LogP contribution in [0.25, 0.3) is 0 Å². The Kier molecular flexibility index (Phi) is 4.87. The van der Waals surface area contributed by atoms with Crippen LogP contribution in [0.15, 0.2) is 41.0 Å². The number of aromatic nitrogens is 1. The second kappa shape index (κ2) is 6.63. The predicted molar refractivity (Wildman–Crippen MR) is 83.8 cm³/mol. The Morgan fingerprint density at radius 2 is 1.95 bits per heavy atom. The van der Waals surface area contributed by atoms with Gasteiger partial charge in [-0.3, -0.25) is 4.79 Å². The van der Waals surface area contributed by atoms with E-state index in [4.69, 9.17) is 5.73 Å². The average Bonchev–Trinajstić information content (AvgIpc) is 2.43. The first kappa shape index (κ1) is 14.7. The van der Waals surface area contributed by atoms with E-state index in [2.05, 4.69) is 26.2 Å². The number of hydrogen-bond donors (Lipinski definition) is 2. The molecule has 0 unspecified atom stereocenters. The van der Waals surface area contributed by atoms with Gasteiger partial charge >= 0.3 is 0 Å². The van der Waals surface area contributed by atoms with E-state index in [0.717, 1.165) is 22.3 Å². The standard InChI is InChI=1S/C15H16BrN3O/c1-10-13(6-7-14(16)18-10)19-15(20)12-4-2-11(3-5-12)8-9-17/h2-7H,8-9,17H2,1H3,(H,19,20). The number of rotatable bonds is 4. The van der Waals surface area contributed by atoms with Crippen molar-refractivity contribution in [2.45, 2.75) is 13.3 Å². The highest BCUT2D eigenvalue weighted by Crippen LogP contribution is 2.17. The Morgan fingerprint density at radius 3 is 2.55 bits per heavy atom. The quantitative estimate of drug-likeness (QED) is 0.845. The molecule has 104 valence electrons. The van der Waals surface area contributed by atoms with Crippen molar-refractivity contribution in [3.05, 3.63) is 57.8 Å². The lowest BCUT2D eigenvalue weighted by Gasteiger charge is -2.08. The van der Waals surface area contributed by atoms with Crippen LogP contribution in [0.4, 0.5) is 5.69 Å². The molecule has 0 atom stereocenters. The maximum Gasteiger partial charge on any atom is 0.255 e. The molecule has 3 N–H and O–H groups in total. The van der Waals surface area contributed by atoms with Crippen LogP contribution in [-0.4, -0.2) is 17.4 Å². The number of nitrogens with one attached hydrogen (secondary N) is 1. The number of anilines is 1. The molecule has 0 bridgehead atoms. The van der Waals surface area contributed by atoms with Gasteiger partial charge in [0.1, 0.15) is 4.60 Å². The molecule has 0 fully saturated rings. The van der Waals surface area contributed by atoms with Crippen LogP contribution in [0, 0.1) is 6.92 Å². The zero-order valence-electron chi connectivity index (χ0n) is 11.2. The summed E-state index contributed by atoms with van der Waals surface area (Å²) in [6.45, 7) is 2.46. The first-order chi connectivity index (χ1) is 9.60. The molecule has 2 aromatic rings. The Bertz CT molecular complexity index is 611. The summed E-state index contributed by atoms with van der Waals surface area (Å²) in [5, 5.41) is 2.86. The first-order valence-corrected chi connectivity index (χ1v) is 7.13. The highest BCUT2D eigenvalue weighted by molar-refractivity contribution is 9.10. The van der Waals surface area contributed by atoms with Crippen molar-refractivity contribution in [3.63, 3.8) is 0 Å². The number of benzene rings is 1. The monoisotopic (exact) mass is 333 g/mol. The summed E-state index contributed by atoms with van der Waals surface area (Å²) in [4.78, 5) is 16.4. The molecule has 5 heteroatoms. The second-order valence-electron chi connectivity index (χ2n) is 4.46. The third-order valence-electron chi connectivity index (χ3n) is 2.95. The largest absolute Gasteiger partial charge is 0.330 e. The number of hydrogen-bond acceptors (Lipinski definition) is 3. The first-order valence-electron chi connectivity index (χ1n) is 6.33. The minimum absolute atomic E-state index is 0.142. The number of nitrogens with zero attached hydrogens (tertiary/aromatic N) is 1. The van der Waals surface area contributed by atoms with Gasteiger partial charge in [-0.1, -0.05) is 12.1 Å². The van der Waals surface area contributed by atoms with E-state index in [9.17, 15) is 4.79 Å². The normalized spacial score (nSPS) is 10.3. The summed E-state index contributed by atoms with van der Waals surface area (Å²) < 4.78 is 0.749. The minimum atomic E-state index is -0.142. The Hall–Kier alpha value is -1.72. The zero-order valence-corrected chi connectivity index (χ0v) is 12.8. The maximum atomic E-state index is 12.1. The van der Waals surface area contributed by atoms with Gasteiger partial charge in [0.25, 0.3) is 5.91 Å². The van der Waals surface area contributed by atoms with Crippen LogP contribution >= 0.6 is 15.9 Å². The topological polar surface area (TPSA) is 68.0 Å². The summed E-state index contributed by atoms with van der Waals surface area (Å²) >= 11 is 3.30. The third-order valence-corrected chi connectivity index (χ3v) is 3.39. The summed E-state index contributed by atoms with van der Waals surface area (Å²) in [6, 6.07) is 11.1. The molecule has 1 heterocycles. The molecule has 1 amide bonds. The van der Waals surface area contributed by atoms with E-state index in [1.807, 2.05) is 37.3 Å². The lowest BCUT2D eigenvalue weighted by molar-refractivity contribution is 0.102. The predicted octanol–water partition coefficient (Wildman–Crippen LogP) is 2.91. The lowest BCUT2D eigenvalue weighted by atomic mass is 10.1. The molecular weight excluding hydrogens is 318 g/mol. The molecule has 0 radical (unpaired) electrons. The van der Waals surface area contributed by atoms with Crippen molar-refractivity contribution in [1.82, 2.24) is 4.98 Å². The number of carbonyl (C=O) groups is 1. The van der Waals surface area contributed by atoms with Gasteiger partial charge in [0.15, 0.2) is 0 Å². The minimum Gasteiger partial charge on any atom is -0.330 e. The molecule has 0 aliphatic heterocycles. The van der Waals surface area contributed by atoms with Gasteiger partial charge in [-0.25, -0.2) is 4.98 Å². The molecule has 4 nitrogen and oxygen atoms in total. The number of halogens is 1. The molecule has 0 saturated carbocycles. The lowest BCUT2D eigenvalue weighted by Crippen LogP contribution is -2.13. The zero-order chi connectivity index (χ0) is 14.5. The number of carbonyl (C=O) groups excluding carboxylic acids is 1. The molecule has 1 aromatic carbocycles. The van der Waals surface area contributed by atoms with Crippen molar-refractivity contribution >= 4 is 27.5 Å². The van der Waals surface area contributed by atoms with Crippen molar-refractivity contribution in [2.75, 3.05) is 11.9 Å². The van der Waals surface area contributed by atoms with Crippen molar-refractivity contribution < 1.29 is 4.79 Å². The van der Waals surface area contributed by atoms with Gasteiger partial charge in [-0.2, -0.15) is 0 Å². The van der Waals surface area contributed by atoms with Crippen molar-refractivity contribution in [3.8, 4) is 0 Å². The van der Waals surface area contributed by atoms with E-state index in [0.29, 0.717) is 17.8 Å². The molecule has 0 aliphatic carbocycles. The molecule has 0 aliphatic rings.